The van der Waals surface area contributed by atoms with Gasteiger partial charge in [-0.1, -0.05) is 32.9 Å². The summed E-state index contributed by atoms with van der Waals surface area (Å²) in [5.74, 6) is 0. The van der Waals surface area contributed by atoms with Crippen LogP contribution in [0.5, 0.6) is 0 Å². The maximum Gasteiger partial charge on any atom is 0.0459 e. The number of aromatic amines is 1. The zero-order chi connectivity index (χ0) is 13.2. The second-order valence-electron chi connectivity index (χ2n) is 6.30. The van der Waals surface area contributed by atoms with Crippen LogP contribution in [0.3, 0.4) is 0 Å². The predicted molar refractivity (Wildman–Crippen MR) is 79.1 cm³/mol. The molecular weight excluding hydrogens is 220 g/mol. The largest absolute Gasteiger partial charge is 0.361 e. The lowest BCUT2D eigenvalue weighted by atomic mass is 9.97. The normalized spacial score (nSPS) is 12.2. The monoisotopic (exact) mass is 244 g/mol. The first-order chi connectivity index (χ1) is 8.47. The Kier molecular flexibility index (Phi) is 3.76. The van der Waals surface area contributed by atoms with Gasteiger partial charge in [-0.15, -0.1) is 0 Å². The molecule has 2 heteroatoms. The minimum atomic E-state index is 0.357. The van der Waals surface area contributed by atoms with Crippen LogP contribution < -0.4 is 5.32 Å². The molecule has 0 amide bonds. The van der Waals surface area contributed by atoms with E-state index in [2.05, 4.69) is 62.4 Å². The molecule has 1 aromatic heterocycles. The van der Waals surface area contributed by atoms with Gasteiger partial charge in [-0.3, -0.25) is 0 Å². The molecule has 0 spiro atoms. The second-order valence-corrected chi connectivity index (χ2v) is 6.30. The van der Waals surface area contributed by atoms with E-state index in [9.17, 15) is 0 Å². The van der Waals surface area contributed by atoms with Crippen LogP contribution in [0.15, 0.2) is 24.4 Å². The summed E-state index contributed by atoms with van der Waals surface area (Å²) in [5, 5.41) is 4.93. The summed E-state index contributed by atoms with van der Waals surface area (Å²) in [6.45, 7) is 11.1. The third kappa shape index (κ3) is 3.14. The summed E-state index contributed by atoms with van der Waals surface area (Å²) in [6.07, 6.45) is 3.23. The van der Waals surface area contributed by atoms with Crippen molar-refractivity contribution in [3.63, 3.8) is 0 Å². The van der Waals surface area contributed by atoms with E-state index < -0.39 is 0 Å². The Bertz CT molecular complexity index is 517. The molecule has 18 heavy (non-hydrogen) atoms. The highest BCUT2D eigenvalue weighted by atomic mass is 14.9. The van der Waals surface area contributed by atoms with Gasteiger partial charge in [0.05, 0.1) is 0 Å². The van der Waals surface area contributed by atoms with Gasteiger partial charge in [-0.2, -0.15) is 0 Å². The first kappa shape index (κ1) is 13.2. The third-order valence-electron chi connectivity index (χ3n) is 3.22. The lowest BCUT2D eigenvalue weighted by Gasteiger charge is -2.18. The van der Waals surface area contributed by atoms with Crippen molar-refractivity contribution < 1.29 is 0 Å². The zero-order valence-corrected chi connectivity index (χ0v) is 11.9. The molecule has 2 rings (SSSR count). The van der Waals surface area contributed by atoms with Crippen LogP contribution in [0.4, 0.5) is 0 Å². The van der Waals surface area contributed by atoms with Crippen molar-refractivity contribution in [2.24, 2.45) is 5.41 Å². The van der Waals surface area contributed by atoms with Gasteiger partial charge in [0.15, 0.2) is 0 Å². The molecule has 0 atom stereocenters. The van der Waals surface area contributed by atoms with Crippen molar-refractivity contribution in [1.82, 2.24) is 10.3 Å². The van der Waals surface area contributed by atoms with Gasteiger partial charge in [0.2, 0.25) is 0 Å². The molecule has 2 N–H and O–H groups in total. The Morgan fingerprint density at radius 1 is 1.22 bits per heavy atom. The molecule has 98 valence electrons. The van der Waals surface area contributed by atoms with Gasteiger partial charge >= 0.3 is 0 Å². The highest BCUT2D eigenvalue weighted by molar-refractivity contribution is 5.86. The lowest BCUT2D eigenvalue weighted by molar-refractivity contribution is 0.382. The van der Waals surface area contributed by atoms with Crippen LogP contribution in [0.25, 0.3) is 10.9 Å². The molecule has 0 saturated carbocycles. The number of benzene rings is 1. The summed E-state index contributed by atoms with van der Waals surface area (Å²) < 4.78 is 0. The van der Waals surface area contributed by atoms with Gasteiger partial charge in [0.1, 0.15) is 0 Å². The van der Waals surface area contributed by atoms with E-state index in [-0.39, 0.29) is 0 Å². The van der Waals surface area contributed by atoms with Gasteiger partial charge in [-0.05, 0) is 42.5 Å². The summed E-state index contributed by atoms with van der Waals surface area (Å²) in [7, 11) is 0. The maximum absolute atomic E-state index is 3.53. The molecule has 0 aliphatic rings. The summed E-state index contributed by atoms with van der Waals surface area (Å²) >= 11 is 0. The number of rotatable bonds is 4. The minimum Gasteiger partial charge on any atom is -0.361 e. The van der Waals surface area contributed by atoms with Crippen molar-refractivity contribution in [3.05, 3.63) is 35.5 Å². The average Bonchev–Trinajstić information content (AvgIpc) is 2.68. The highest BCUT2D eigenvalue weighted by Gasteiger charge is 2.09. The fourth-order valence-electron chi connectivity index (χ4n) is 2.33. The second kappa shape index (κ2) is 5.15. The van der Waals surface area contributed by atoms with Crippen LogP contribution in [-0.2, 0) is 6.42 Å². The third-order valence-corrected chi connectivity index (χ3v) is 3.22. The van der Waals surface area contributed by atoms with Gasteiger partial charge in [0.25, 0.3) is 0 Å². The van der Waals surface area contributed by atoms with Crippen molar-refractivity contribution in [1.29, 1.82) is 0 Å². The van der Waals surface area contributed by atoms with Crippen molar-refractivity contribution in [3.8, 4) is 0 Å². The van der Waals surface area contributed by atoms with Crippen LogP contribution >= 0.6 is 0 Å². The Morgan fingerprint density at radius 2 is 2.00 bits per heavy atom. The van der Waals surface area contributed by atoms with E-state index in [1.807, 2.05) is 0 Å². The van der Waals surface area contributed by atoms with Gasteiger partial charge in [0, 0.05) is 23.6 Å². The number of aromatic nitrogens is 1. The van der Waals surface area contributed by atoms with Crippen molar-refractivity contribution >= 4 is 10.9 Å². The molecule has 0 aliphatic carbocycles. The predicted octanol–water partition coefficient (Wildman–Crippen LogP) is 3.65. The molecular formula is C16H24N2. The Labute approximate surface area is 110 Å². The summed E-state index contributed by atoms with van der Waals surface area (Å²) in [4.78, 5) is 3.36. The molecule has 0 radical (unpaired) electrons. The lowest BCUT2D eigenvalue weighted by Crippen LogP contribution is -2.28. The molecule has 0 fully saturated rings. The van der Waals surface area contributed by atoms with E-state index in [1.54, 1.807) is 0 Å². The molecule has 0 saturated heterocycles. The molecule has 0 bridgehead atoms. The first-order valence-electron chi connectivity index (χ1n) is 6.74. The topological polar surface area (TPSA) is 27.8 Å². The summed E-state index contributed by atoms with van der Waals surface area (Å²) in [5.41, 5.74) is 4.39. The molecule has 2 aromatic rings. The quantitative estimate of drug-likeness (QED) is 0.789. The van der Waals surface area contributed by atoms with Gasteiger partial charge < -0.3 is 10.3 Å². The van der Waals surface area contributed by atoms with Crippen LogP contribution in [0, 0.1) is 12.3 Å². The van der Waals surface area contributed by atoms with E-state index >= 15 is 0 Å². The Balaban J connectivity index is 2.00. The molecule has 1 aromatic carbocycles. The van der Waals surface area contributed by atoms with Crippen molar-refractivity contribution in [2.75, 3.05) is 13.1 Å². The number of hydrogen-bond acceptors (Lipinski definition) is 1. The molecule has 0 unspecified atom stereocenters. The van der Waals surface area contributed by atoms with Crippen molar-refractivity contribution in [2.45, 2.75) is 34.1 Å². The van der Waals surface area contributed by atoms with E-state index in [0.717, 1.165) is 19.5 Å². The molecule has 2 nitrogen and oxygen atoms in total. The molecule has 1 heterocycles. The average molecular weight is 244 g/mol. The highest BCUT2D eigenvalue weighted by Crippen LogP contribution is 2.22. The number of hydrogen-bond donors (Lipinski definition) is 2. The maximum atomic E-state index is 3.53. The number of H-pyrrole nitrogens is 1. The Hall–Kier alpha value is -1.28. The van der Waals surface area contributed by atoms with Gasteiger partial charge in [-0.25, -0.2) is 0 Å². The van der Waals surface area contributed by atoms with E-state index in [4.69, 9.17) is 0 Å². The molecule has 0 aliphatic heterocycles. The minimum absolute atomic E-state index is 0.357. The fraction of sp³-hybridized carbons (Fsp3) is 0.500. The van der Waals surface area contributed by atoms with E-state index in [1.165, 1.54) is 22.0 Å². The smallest absolute Gasteiger partial charge is 0.0459 e. The zero-order valence-electron chi connectivity index (χ0n) is 11.9. The SMILES string of the molecule is Cc1cccc2[nH]cc(CCNCC(C)(C)C)c12. The fourth-order valence-corrected chi connectivity index (χ4v) is 2.33. The standard InChI is InChI=1S/C16H24N2/c1-12-6-5-7-14-15(12)13(10-18-14)8-9-17-11-16(2,3)4/h5-7,10,17-18H,8-9,11H2,1-4H3. The summed E-state index contributed by atoms with van der Waals surface area (Å²) in [6, 6.07) is 6.44. The number of nitrogens with one attached hydrogen (secondary N) is 2. The van der Waals surface area contributed by atoms with Crippen LogP contribution in [0.2, 0.25) is 0 Å². The van der Waals surface area contributed by atoms with E-state index in [0.29, 0.717) is 5.41 Å². The number of fused-ring (bicyclic) bond motifs is 1. The van der Waals surface area contributed by atoms with Crippen LogP contribution in [0.1, 0.15) is 31.9 Å². The first-order valence-corrected chi connectivity index (χ1v) is 6.74. The van der Waals surface area contributed by atoms with Crippen LogP contribution in [-0.4, -0.2) is 18.1 Å². The number of aryl methyl sites for hydroxylation is 1. The Morgan fingerprint density at radius 3 is 2.72 bits per heavy atom.